The van der Waals surface area contributed by atoms with Crippen LogP contribution in [0.3, 0.4) is 0 Å². The third-order valence-electron chi connectivity index (χ3n) is 8.17. The number of ether oxygens (including phenoxy) is 3. The second kappa shape index (κ2) is 11.8. The van der Waals surface area contributed by atoms with E-state index in [-0.39, 0.29) is 53.5 Å². The number of anilines is 2. The van der Waals surface area contributed by atoms with Gasteiger partial charge >= 0.3 is 0 Å². The van der Waals surface area contributed by atoms with Crippen molar-refractivity contribution >= 4 is 38.2 Å². The molecule has 3 aliphatic heterocycles. The Morgan fingerprint density at radius 2 is 1.98 bits per heavy atom. The van der Waals surface area contributed by atoms with Crippen LogP contribution in [0.1, 0.15) is 33.6 Å². The Morgan fingerprint density at radius 3 is 2.82 bits per heavy atom. The highest BCUT2D eigenvalue weighted by molar-refractivity contribution is 7.91. The standard InChI is InChI=1S/C32H31FN4O6S/c33-26-10-21-2-1-7-37(28(21)13-29(26)43-18-20-16-42-17-20)31-6-5-23-14-34-25(12-27(23)36-31)15-35-32(38)22-3-4-24-19-41-8-9-44(39,40)30(24)11-22/h3-6,10-14,20H,1-2,7-9,15-19H2,(H,35,38). The van der Waals surface area contributed by atoms with Crippen LogP contribution in [-0.4, -0.2) is 63.0 Å². The average molecular weight is 619 g/mol. The van der Waals surface area contributed by atoms with E-state index in [0.717, 1.165) is 41.8 Å². The van der Waals surface area contributed by atoms with Crippen molar-refractivity contribution in [3.05, 3.63) is 82.9 Å². The van der Waals surface area contributed by atoms with Crippen molar-refractivity contribution < 1.29 is 31.8 Å². The Labute approximate surface area is 254 Å². The number of benzene rings is 2. The van der Waals surface area contributed by atoms with Crippen molar-refractivity contribution in [2.45, 2.75) is 30.9 Å². The summed E-state index contributed by atoms with van der Waals surface area (Å²) in [6.45, 7) is 2.85. The summed E-state index contributed by atoms with van der Waals surface area (Å²) in [7, 11) is -3.53. The van der Waals surface area contributed by atoms with Gasteiger partial charge in [-0.3, -0.25) is 9.78 Å². The number of nitrogens with zero attached hydrogens (tertiary/aromatic N) is 3. The van der Waals surface area contributed by atoms with Crippen LogP contribution in [-0.2, 0) is 38.9 Å². The van der Waals surface area contributed by atoms with E-state index < -0.39 is 15.7 Å². The molecule has 2 aromatic heterocycles. The van der Waals surface area contributed by atoms with Crippen molar-refractivity contribution in [3.8, 4) is 5.75 Å². The van der Waals surface area contributed by atoms with Gasteiger partial charge < -0.3 is 24.4 Å². The Hall–Kier alpha value is -4.13. The normalized spacial score (nSPS) is 17.7. The molecule has 44 heavy (non-hydrogen) atoms. The summed E-state index contributed by atoms with van der Waals surface area (Å²) >= 11 is 0. The summed E-state index contributed by atoms with van der Waals surface area (Å²) in [6, 6.07) is 13.7. The van der Waals surface area contributed by atoms with E-state index in [1.165, 1.54) is 6.07 Å². The molecule has 1 N–H and O–H groups in total. The van der Waals surface area contributed by atoms with E-state index in [0.29, 0.717) is 36.6 Å². The fraction of sp³-hybridized carbons (Fsp3) is 0.344. The van der Waals surface area contributed by atoms with Gasteiger partial charge in [-0.25, -0.2) is 17.8 Å². The van der Waals surface area contributed by atoms with Crippen LogP contribution in [0.15, 0.2) is 59.6 Å². The second-order valence-corrected chi connectivity index (χ2v) is 13.4. The molecular formula is C32H31FN4O6S. The third-order valence-corrected chi connectivity index (χ3v) is 9.93. The first-order chi connectivity index (χ1) is 21.3. The summed E-state index contributed by atoms with van der Waals surface area (Å²) in [5, 5.41) is 3.68. The molecule has 4 aromatic rings. The quantitative estimate of drug-likeness (QED) is 0.326. The van der Waals surface area contributed by atoms with Crippen LogP contribution in [0.4, 0.5) is 15.9 Å². The number of aryl methyl sites for hydroxylation is 1. The minimum Gasteiger partial charge on any atom is -0.490 e. The van der Waals surface area contributed by atoms with Crippen LogP contribution >= 0.6 is 0 Å². The molecule has 12 heteroatoms. The molecule has 2 aromatic carbocycles. The average Bonchev–Trinajstić information content (AvgIpc) is 3.15. The van der Waals surface area contributed by atoms with Gasteiger partial charge in [0.25, 0.3) is 5.91 Å². The van der Waals surface area contributed by atoms with Crippen molar-refractivity contribution in [2.75, 3.05) is 43.6 Å². The van der Waals surface area contributed by atoms with Gasteiger partial charge in [0.15, 0.2) is 21.4 Å². The lowest BCUT2D eigenvalue weighted by Gasteiger charge is -2.31. The molecule has 10 nitrogen and oxygen atoms in total. The van der Waals surface area contributed by atoms with Gasteiger partial charge in [0.05, 0.1) is 61.4 Å². The van der Waals surface area contributed by atoms with Gasteiger partial charge in [0.2, 0.25) is 0 Å². The molecule has 228 valence electrons. The summed E-state index contributed by atoms with van der Waals surface area (Å²) in [6.07, 6.45) is 3.33. The van der Waals surface area contributed by atoms with Crippen molar-refractivity contribution in [1.82, 2.24) is 15.3 Å². The van der Waals surface area contributed by atoms with Crippen LogP contribution < -0.4 is 15.0 Å². The minimum absolute atomic E-state index is 0.119. The van der Waals surface area contributed by atoms with E-state index in [2.05, 4.69) is 15.2 Å². The molecule has 5 heterocycles. The van der Waals surface area contributed by atoms with Gasteiger partial charge in [-0.15, -0.1) is 0 Å². The van der Waals surface area contributed by atoms with Crippen molar-refractivity contribution in [1.29, 1.82) is 0 Å². The number of halogens is 1. The zero-order chi connectivity index (χ0) is 30.3. The maximum Gasteiger partial charge on any atom is 0.251 e. The summed E-state index contributed by atoms with van der Waals surface area (Å²) in [5.41, 5.74) is 3.88. The number of aromatic nitrogens is 2. The highest BCUT2D eigenvalue weighted by atomic mass is 32.2. The van der Waals surface area contributed by atoms with Crippen molar-refractivity contribution in [3.63, 3.8) is 0 Å². The number of sulfone groups is 1. The van der Waals surface area contributed by atoms with Gasteiger partial charge in [0.1, 0.15) is 5.82 Å². The number of amides is 1. The highest BCUT2D eigenvalue weighted by Gasteiger charge is 2.26. The third kappa shape index (κ3) is 5.72. The fourth-order valence-corrected chi connectivity index (χ4v) is 7.04. The van der Waals surface area contributed by atoms with Crippen molar-refractivity contribution in [2.24, 2.45) is 5.92 Å². The zero-order valence-corrected chi connectivity index (χ0v) is 24.7. The predicted octanol–water partition coefficient (Wildman–Crippen LogP) is 4.11. The highest BCUT2D eigenvalue weighted by Crippen LogP contribution is 2.37. The zero-order valence-electron chi connectivity index (χ0n) is 23.9. The predicted molar refractivity (Wildman–Crippen MR) is 160 cm³/mol. The number of carbonyl (C=O) groups is 1. The Balaban J connectivity index is 1.09. The molecule has 7 rings (SSSR count). The topological polar surface area (TPSA) is 120 Å². The molecule has 0 unspecified atom stereocenters. The molecule has 1 fully saturated rings. The molecule has 0 bridgehead atoms. The first-order valence-electron chi connectivity index (χ1n) is 14.6. The van der Waals surface area contributed by atoms with Crippen LogP contribution in [0, 0.1) is 11.7 Å². The van der Waals surface area contributed by atoms with E-state index in [1.54, 1.807) is 30.5 Å². The summed E-state index contributed by atoms with van der Waals surface area (Å²) < 4.78 is 56.5. The molecule has 0 atom stereocenters. The number of rotatable bonds is 7. The van der Waals surface area contributed by atoms with Gasteiger partial charge in [0, 0.05) is 41.4 Å². The van der Waals surface area contributed by atoms with Gasteiger partial charge in [-0.1, -0.05) is 6.07 Å². The van der Waals surface area contributed by atoms with Crippen LogP contribution in [0.2, 0.25) is 0 Å². The summed E-state index contributed by atoms with van der Waals surface area (Å²) in [5.74, 6) is 0.343. The lowest BCUT2D eigenvalue weighted by atomic mass is 10.0. The number of pyridine rings is 2. The lowest BCUT2D eigenvalue weighted by molar-refractivity contribution is -0.0512. The maximum atomic E-state index is 14.8. The number of hydrogen-bond acceptors (Lipinski definition) is 9. The maximum absolute atomic E-state index is 14.8. The molecule has 3 aliphatic rings. The molecule has 0 radical (unpaired) electrons. The molecule has 0 saturated carbocycles. The Kier molecular flexibility index (Phi) is 7.65. The smallest absolute Gasteiger partial charge is 0.251 e. The van der Waals surface area contributed by atoms with E-state index in [4.69, 9.17) is 19.2 Å². The molecule has 1 amide bonds. The monoisotopic (exact) mass is 618 g/mol. The summed E-state index contributed by atoms with van der Waals surface area (Å²) in [4.78, 5) is 24.6. The molecule has 1 saturated heterocycles. The van der Waals surface area contributed by atoms with Gasteiger partial charge in [-0.05, 0) is 60.4 Å². The number of carbonyl (C=O) groups excluding carboxylic acids is 1. The minimum atomic E-state index is -3.53. The first kappa shape index (κ1) is 28.6. The van der Waals surface area contributed by atoms with E-state index in [1.807, 2.05) is 18.2 Å². The van der Waals surface area contributed by atoms with Gasteiger partial charge in [-0.2, -0.15) is 0 Å². The van der Waals surface area contributed by atoms with E-state index in [9.17, 15) is 17.6 Å². The Morgan fingerprint density at radius 1 is 1.09 bits per heavy atom. The molecular weight excluding hydrogens is 587 g/mol. The lowest BCUT2D eigenvalue weighted by Crippen LogP contribution is -2.32. The van der Waals surface area contributed by atoms with E-state index >= 15 is 0 Å². The SMILES string of the molecule is O=C(NCc1cc2nc(N3CCCc4cc(F)c(OCC5COC5)cc43)ccc2cn1)c1ccc2c(c1)S(=O)(=O)CCOC2. The van der Waals surface area contributed by atoms with Crippen LogP contribution in [0.5, 0.6) is 5.75 Å². The number of fused-ring (bicyclic) bond motifs is 3. The number of hydrogen-bond donors (Lipinski definition) is 1. The first-order valence-corrected chi connectivity index (χ1v) is 16.3. The second-order valence-electron chi connectivity index (χ2n) is 11.3. The molecule has 0 spiro atoms. The Bertz CT molecular complexity index is 1860. The fourth-order valence-electron chi connectivity index (χ4n) is 5.65. The van der Waals surface area contributed by atoms with Crippen LogP contribution in [0.25, 0.3) is 10.9 Å². The largest absolute Gasteiger partial charge is 0.490 e. The molecule has 0 aliphatic carbocycles. The number of nitrogens with one attached hydrogen (secondary N) is 1.